The van der Waals surface area contributed by atoms with Crippen molar-refractivity contribution in [2.24, 2.45) is 0 Å². The predicted molar refractivity (Wildman–Crippen MR) is 84.0 cm³/mol. The van der Waals surface area contributed by atoms with Crippen LogP contribution in [0.15, 0.2) is 5.38 Å². The van der Waals surface area contributed by atoms with Gasteiger partial charge < -0.3 is 10.2 Å². The Bertz CT molecular complexity index is 429. The zero-order valence-corrected chi connectivity index (χ0v) is 13.5. The molecule has 1 aromatic heterocycles. The van der Waals surface area contributed by atoms with Crippen molar-refractivity contribution in [1.29, 1.82) is 0 Å². The standard InChI is InChI=1S/C15H26N4S/c1-3-14-10-19(7-6-18(14)2)9-13-11-20-15(17-13)8-16-12-4-5-12/h11-12,14,16H,3-10H2,1-2H3. The van der Waals surface area contributed by atoms with Crippen molar-refractivity contribution in [1.82, 2.24) is 20.1 Å². The second kappa shape index (κ2) is 6.52. The Hall–Kier alpha value is -0.490. The summed E-state index contributed by atoms with van der Waals surface area (Å²) in [7, 11) is 2.25. The molecule has 4 nitrogen and oxygen atoms in total. The quantitative estimate of drug-likeness (QED) is 0.868. The molecule has 0 spiro atoms. The van der Waals surface area contributed by atoms with Gasteiger partial charge in [-0.2, -0.15) is 0 Å². The van der Waals surface area contributed by atoms with Crippen LogP contribution in [0.25, 0.3) is 0 Å². The third-order valence-corrected chi connectivity index (χ3v) is 5.33. The molecule has 1 aliphatic heterocycles. The van der Waals surface area contributed by atoms with Crippen molar-refractivity contribution in [3.05, 3.63) is 16.1 Å². The van der Waals surface area contributed by atoms with Gasteiger partial charge in [-0.1, -0.05) is 6.92 Å². The molecule has 2 aliphatic rings. The Morgan fingerprint density at radius 1 is 1.40 bits per heavy atom. The Balaban J connectivity index is 1.49. The number of nitrogens with one attached hydrogen (secondary N) is 1. The van der Waals surface area contributed by atoms with Gasteiger partial charge in [-0.15, -0.1) is 11.3 Å². The van der Waals surface area contributed by atoms with Gasteiger partial charge in [0.1, 0.15) is 5.01 Å². The first-order chi connectivity index (χ1) is 9.74. The number of thiazole rings is 1. The third kappa shape index (κ3) is 3.79. The van der Waals surface area contributed by atoms with E-state index in [-0.39, 0.29) is 0 Å². The monoisotopic (exact) mass is 294 g/mol. The summed E-state index contributed by atoms with van der Waals surface area (Å²) in [6.07, 6.45) is 3.93. The van der Waals surface area contributed by atoms with Gasteiger partial charge in [0.15, 0.2) is 0 Å². The van der Waals surface area contributed by atoms with E-state index in [0.29, 0.717) is 6.04 Å². The number of hydrogen-bond donors (Lipinski definition) is 1. The van der Waals surface area contributed by atoms with E-state index in [4.69, 9.17) is 4.98 Å². The lowest BCUT2D eigenvalue weighted by atomic mass is 10.1. The van der Waals surface area contributed by atoms with Gasteiger partial charge in [-0.3, -0.25) is 4.90 Å². The lowest BCUT2D eigenvalue weighted by Crippen LogP contribution is -2.50. The lowest BCUT2D eigenvalue weighted by Gasteiger charge is -2.38. The number of piperazine rings is 1. The summed E-state index contributed by atoms with van der Waals surface area (Å²) in [6, 6.07) is 1.48. The first kappa shape index (κ1) is 14.4. The van der Waals surface area contributed by atoms with Crippen LogP contribution in [0.1, 0.15) is 36.9 Å². The highest BCUT2D eigenvalue weighted by Gasteiger charge is 2.23. The van der Waals surface area contributed by atoms with Crippen molar-refractivity contribution < 1.29 is 0 Å². The van der Waals surface area contributed by atoms with E-state index in [1.54, 1.807) is 11.3 Å². The zero-order chi connectivity index (χ0) is 13.9. The molecule has 1 saturated heterocycles. The molecule has 1 N–H and O–H groups in total. The van der Waals surface area contributed by atoms with Crippen molar-refractivity contribution in [2.45, 2.75) is 51.4 Å². The Labute approximate surface area is 126 Å². The molecule has 20 heavy (non-hydrogen) atoms. The van der Waals surface area contributed by atoms with Gasteiger partial charge in [0, 0.05) is 50.2 Å². The fraction of sp³-hybridized carbons (Fsp3) is 0.800. The molecular formula is C15H26N4S. The fourth-order valence-corrected chi connectivity index (χ4v) is 3.58. The van der Waals surface area contributed by atoms with E-state index in [1.807, 2.05) is 0 Å². The number of nitrogens with zero attached hydrogens (tertiary/aromatic N) is 3. The van der Waals surface area contributed by atoms with Crippen molar-refractivity contribution in [2.75, 3.05) is 26.7 Å². The van der Waals surface area contributed by atoms with Crippen LogP contribution in [0.5, 0.6) is 0 Å². The highest BCUT2D eigenvalue weighted by Crippen LogP contribution is 2.20. The van der Waals surface area contributed by atoms with Crippen LogP contribution < -0.4 is 5.32 Å². The molecule has 0 radical (unpaired) electrons. The lowest BCUT2D eigenvalue weighted by molar-refractivity contribution is 0.0876. The number of aromatic nitrogens is 1. The van der Waals surface area contributed by atoms with Gasteiger partial charge >= 0.3 is 0 Å². The average molecular weight is 294 g/mol. The molecule has 112 valence electrons. The van der Waals surface area contributed by atoms with Gasteiger partial charge in [0.2, 0.25) is 0 Å². The Morgan fingerprint density at radius 2 is 2.25 bits per heavy atom. The summed E-state index contributed by atoms with van der Waals surface area (Å²) in [4.78, 5) is 9.82. The second-order valence-corrected chi connectivity index (χ2v) is 7.11. The molecule has 2 heterocycles. The summed E-state index contributed by atoms with van der Waals surface area (Å²) in [6.45, 7) is 7.79. The van der Waals surface area contributed by atoms with Crippen LogP contribution in [-0.4, -0.2) is 53.5 Å². The maximum atomic E-state index is 4.77. The SMILES string of the molecule is CCC1CN(Cc2csc(CNC3CC3)n2)CCN1C. The topological polar surface area (TPSA) is 31.4 Å². The number of rotatable bonds is 6. The van der Waals surface area contributed by atoms with E-state index in [1.165, 1.54) is 49.6 Å². The van der Waals surface area contributed by atoms with E-state index in [9.17, 15) is 0 Å². The maximum Gasteiger partial charge on any atom is 0.107 e. The molecule has 1 aromatic rings. The van der Waals surface area contributed by atoms with Crippen LogP contribution in [0.3, 0.4) is 0 Å². The minimum Gasteiger partial charge on any atom is -0.308 e. The first-order valence-electron chi connectivity index (χ1n) is 7.84. The molecule has 0 amide bonds. The zero-order valence-electron chi connectivity index (χ0n) is 12.6. The molecule has 5 heteroatoms. The summed E-state index contributed by atoms with van der Waals surface area (Å²) < 4.78 is 0. The molecule has 1 atom stereocenters. The average Bonchev–Trinajstić information content (AvgIpc) is 3.18. The van der Waals surface area contributed by atoms with Gasteiger partial charge in [-0.05, 0) is 26.3 Å². The highest BCUT2D eigenvalue weighted by atomic mass is 32.1. The maximum absolute atomic E-state index is 4.77. The van der Waals surface area contributed by atoms with Gasteiger partial charge in [0.25, 0.3) is 0 Å². The predicted octanol–water partition coefficient (Wildman–Crippen LogP) is 1.92. The Morgan fingerprint density at radius 3 is 3.00 bits per heavy atom. The van der Waals surface area contributed by atoms with Crippen molar-refractivity contribution >= 4 is 11.3 Å². The molecule has 1 unspecified atom stereocenters. The summed E-state index contributed by atoms with van der Waals surface area (Å²) in [5, 5.41) is 7.02. The number of hydrogen-bond acceptors (Lipinski definition) is 5. The van der Waals surface area contributed by atoms with Gasteiger partial charge in [0.05, 0.1) is 5.69 Å². The van der Waals surface area contributed by atoms with Crippen molar-refractivity contribution in [3.63, 3.8) is 0 Å². The first-order valence-corrected chi connectivity index (χ1v) is 8.72. The van der Waals surface area contributed by atoms with Crippen LogP contribution in [0, 0.1) is 0 Å². The Kier molecular flexibility index (Phi) is 4.71. The van der Waals surface area contributed by atoms with E-state index in [0.717, 1.165) is 19.1 Å². The minimum atomic E-state index is 0.707. The summed E-state index contributed by atoms with van der Waals surface area (Å²) in [5.41, 5.74) is 1.25. The minimum absolute atomic E-state index is 0.707. The van der Waals surface area contributed by atoms with Crippen LogP contribution in [-0.2, 0) is 13.1 Å². The molecule has 0 aromatic carbocycles. The smallest absolute Gasteiger partial charge is 0.107 e. The van der Waals surface area contributed by atoms with E-state index >= 15 is 0 Å². The molecule has 0 bridgehead atoms. The molecule has 1 saturated carbocycles. The highest BCUT2D eigenvalue weighted by molar-refractivity contribution is 7.09. The molecule has 1 aliphatic carbocycles. The normalized spacial score (nSPS) is 25.2. The molecular weight excluding hydrogens is 268 g/mol. The fourth-order valence-electron chi connectivity index (χ4n) is 2.85. The van der Waals surface area contributed by atoms with Crippen molar-refractivity contribution in [3.8, 4) is 0 Å². The van der Waals surface area contributed by atoms with Crippen LogP contribution >= 0.6 is 11.3 Å². The van der Waals surface area contributed by atoms with Gasteiger partial charge in [-0.25, -0.2) is 4.98 Å². The van der Waals surface area contributed by atoms with E-state index < -0.39 is 0 Å². The largest absolute Gasteiger partial charge is 0.308 e. The molecule has 3 rings (SSSR count). The second-order valence-electron chi connectivity index (χ2n) is 6.17. The van der Waals surface area contributed by atoms with Crippen LogP contribution in [0.2, 0.25) is 0 Å². The summed E-state index contributed by atoms with van der Waals surface area (Å²) in [5.74, 6) is 0. The summed E-state index contributed by atoms with van der Waals surface area (Å²) >= 11 is 1.80. The van der Waals surface area contributed by atoms with E-state index in [2.05, 4.69) is 34.5 Å². The molecule has 2 fully saturated rings. The third-order valence-electron chi connectivity index (χ3n) is 4.44. The number of likely N-dealkylation sites (N-methyl/N-ethyl adjacent to an activating group) is 1. The van der Waals surface area contributed by atoms with Crippen LogP contribution in [0.4, 0.5) is 0 Å².